The molecule has 8 heterocycles. The molecule has 20 aromatic rings. The van der Waals surface area contributed by atoms with Gasteiger partial charge in [-0.25, -0.2) is 29.6 Å². The molecule has 0 spiro atoms. The van der Waals surface area contributed by atoms with E-state index in [0.717, 1.165) is 85.4 Å². The molecular formula is C105H62N10O10. The zero-order valence-electron chi connectivity index (χ0n) is 66.3. The number of imidazole rings is 2. The lowest BCUT2D eigenvalue weighted by Gasteiger charge is -2.34. The molecule has 0 atom stereocenters. The molecule has 0 saturated carbocycles. The predicted octanol–water partition coefficient (Wildman–Crippen LogP) is 21.1. The minimum Gasteiger partial charge on any atom is -0.506 e. The number of hydrogen-bond donors (Lipinski definition) is 2. The van der Waals surface area contributed by atoms with E-state index in [9.17, 15) is 10.2 Å². The predicted molar refractivity (Wildman–Crippen MR) is 482 cm³/mol. The van der Waals surface area contributed by atoms with Gasteiger partial charge in [-0.3, -0.25) is 47.5 Å². The Morgan fingerprint density at radius 3 is 0.792 bits per heavy atom. The summed E-state index contributed by atoms with van der Waals surface area (Å²) in [7, 11) is 0. The van der Waals surface area contributed by atoms with E-state index in [4.69, 9.17) is 9.97 Å². The summed E-state index contributed by atoms with van der Waals surface area (Å²) in [5.41, 5.74) is 10.7. The van der Waals surface area contributed by atoms with E-state index >= 15 is 38.4 Å². The molecule has 0 unspecified atom stereocenters. The number of rotatable bonds is 12. The molecule has 8 amide bonds. The number of aromatic hydroxyl groups is 2. The highest BCUT2D eigenvalue weighted by Crippen LogP contribution is 2.50. The van der Waals surface area contributed by atoms with Crippen LogP contribution in [0.3, 0.4) is 0 Å². The molecule has 4 aromatic heterocycles. The number of fused-ring (bicyclic) bond motifs is 8. The van der Waals surface area contributed by atoms with Crippen LogP contribution in [0.25, 0.3) is 133 Å². The van der Waals surface area contributed by atoms with Gasteiger partial charge in [0.25, 0.3) is 47.3 Å². The fraction of sp³-hybridized carbons (Fsp3) is 0.0286. The van der Waals surface area contributed by atoms with Crippen molar-refractivity contribution >= 4 is 157 Å². The summed E-state index contributed by atoms with van der Waals surface area (Å²) in [6, 6.07) is 99.3. The molecule has 0 radical (unpaired) electrons. The van der Waals surface area contributed by atoms with Crippen LogP contribution in [0, 0.1) is 0 Å². The van der Waals surface area contributed by atoms with Gasteiger partial charge in [-0.1, -0.05) is 184 Å². The van der Waals surface area contributed by atoms with E-state index < -0.39 is 64.2 Å². The third kappa shape index (κ3) is 10.2. The van der Waals surface area contributed by atoms with Crippen LogP contribution in [0.1, 0.15) is 108 Å². The number of nitrogens with zero attached hydrogens (tertiary/aromatic N) is 10. The summed E-state index contributed by atoms with van der Waals surface area (Å²) in [6.07, 6.45) is 0. The van der Waals surface area contributed by atoms with Gasteiger partial charge in [-0.15, -0.1) is 0 Å². The van der Waals surface area contributed by atoms with Gasteiger partial charge in [0.2, 0.25) is 0 Å². The van der Waals surface area contributed by atoms with Crippen molar-refractivity contribution in [2.75, 3.05) is 19.6 Å². The molecule has 125 heavy (non-hydrogen) atoms. The summed E-state index contributed by atoms with van der Waals surface area (Å²) >= 11 is 0. The number of benzene rings is 16. The Morgan fingerprint density at radius 2 is 0.488 bits per heavy atom. The van der Waals surface area contributed by atoms with Crippen molar-refractivity contribution in [1.29, 1.82) is 0 Å². The van der Waals surface area contributed by atoms with Gasteiger partial charge >= 0.3 is 0 Å². The zero-order valence-corrected chi connectivity index (χ0v) is 66.3. The molecule has 592 valence electrons. The van der Waals surface area contributed by atoms with Crippen molar-refractivity contribution in [3.05, 3.63) is 383 Å². The number of anilines is 4. The van der Waals surface area contributed by atoms with Crippen molar-refractivity contribution in [3.8, 4) is 57.0 Å². The standard InChI is InChI=1S/C105H62N10O10/c1-105(2,59-37-47-89(116)87(49-59)114-101(122)75-43-39-71-91-72(40-44-76(93(75)91)102(114)123)98(119)112(97(71)118)65-52-61(108-81-31-15-9-25-67(81)68-26-10-16-32-82(68)108)51-62(53-65)109-83-33-17-11-27-69(83)70-28-12-18-34-84(70)109)60-38-48-90(117)88(50-60)115-103(124)77-45-41-73-92-74(42-46-78(94(77)92)104(115)125)100(121)113(99(73)120)66-55-63(110-85-35-19-13-29-79(85)106-95(110)57-21-5-3-6-22-57)54-64(56-66)111-86-36-20-14-30-80(86)107-96(111)58-23-7-4-8-24-58/h3-56,116-117H,1-2H3. The number of carbonyl (C=O) groups excluding carboxylic acids is 8. The first kappa shape index (κ1) is 71.8. The normalized spacial score (nSPS) is 14.0. The Bertz CT molecular complexity index is 7890. The summed E-state index contributed by atoms with van der Waals surface area (Å²) in [6.45, 7) is 3.63. The van der Waals surface area contributed by atoms with Gasteiger partial charge in [0, 0.05) is 104 Å². The Balaban J connectivity index is 0.555. The molecule has 20 heteroatoms. The first-order valence-corrected chi connectivity index (χ1v) is 40.7. The number of carbonyl (C=O) groups is 8. The quantitative estimate of drug-likeness (QED) is 0.109. The van der Waals surface area contributed by atoms with Gasteiger partial charge in [-0.2, -0.15) is 0 Å². The summed E-state index contributed by atoms with van der Waals surface area (Å²) < 4.78 is 8.28. The van der Waals surface area contributed by atoms with Crippen molar-refractivity contribution in [2.24, 2.45) is 0 Å². The minimum absolute atomic E-state index is 0.00583. The lowest BCUT2D eigenvalue weighted by molar-refractivity contribution is 0.0872. The smallest absolute Gasteiger partial charge is 0.266 e. The average molecular weight is 1620 g/mol. The van der Waals surface area contributed by atoms with Crippen LogP contribution in [0.2, 0.25) is 0 Å². The molecule has 4 aliphatic heterocycles. The van der Waals surface area contributed by atoms with E-state index in [1.54, 1.807) is 24.3 Å². The monoisotopic (exact) mass is 1620 g/mol. The third-order valence-corrected chi connectivity index (χ3v) is 25.3. The zero-order chi connectivity index (χ0) is 84.4. The topological polar surface area (TPSA) is 235 Å². The van der Waals surface area contributed by atoms with Crippen LogP contribution in [-0.4, -0.2) is 85.7 Å². The highest BCUT2D eigenvalue weighted by Gasteiger charge is 2.46. The SMILES string of the molecule is CC(C)(c1ccc(O)c(N2C(=O)c3ccc4c5c(ccc(c35)C2=O)C(=O)N(c2cc(-n3c(-c5ccccc5)nc5ccccc53)cc(-n3c(-c5ccccc5)nc5ccccc53)c2)C4=O)c1)c1ccc(O)c(N2C(=O)c3ccc4c5c(ccc(c35)C2=O)C(=O)N(c2cc(-n3c5ccccc5c5ccccc53)cc(-n3c5ccccc5c5ccccc53)c2)C4=O)c1. The third-order valence-electron chi connectivity index (χ3n) is 25.3. The van der Waals surface area contributed by atoms with Crippen LogP contribution in [0.4, 0.5) is 22.7 Å². The molecule has 24 rings (SSSR count). The largest absolute Gasteiger partial charge is 0.506 e. The number of aromatic nitrogens is 6. The fourth-order valence-corrected chi connectivity index (χ4v) is 19.5. The van der Waals surface area contributed by atoms with Gasteiger partial charge in [0.15, 0.2) is 0 Å². The van der Waals surface area contributed by atoms with Crippen molar-refractivity contribution in [2.45, 2.75) is 19.3 Å². The molecule has 2 N–H and O–H groups in total. The number of phenolic OH excluding ortho intramolecular Hbond substituents is 2. The van der Waals surface area contributed by atoms with Crippen LogP contribution in [0.15, 0.2) is 328 Å². The van der Waals surface area contributed by atoms with Crippen molar-refractivity contribution < 1.29 is 48.6 Å². The van der Waals surface area contributed by atoms with Crippen LogP contribution < -0.4 is 19.6 Å². The summed E-state index contributed by atoms with van der Waals surface area (Å²) in [5.74, 6) is -5.87. The number of phenols is 2. The number of para-hydroxylation sites is 8. The Morgan fingerprint density at radius 1 is 0.240 bits per heavy atom. The second kappa shape index (κ2) is 26.4. The lowest BCUT2D eigenvalue weighted by Crippen LogP contribution is -2.43. The lowest BCUT2D eigenvalue weighted by atomic mass is 9.77. The van der Waals surface area contributed by atoms with Crippen molar-refractivity contribution in [3.63, 3.8) is 0 Å². The maximum absolute atomic E-state index is 15.8. The molecule has 0 fully saturated rings. The molecule has 20 nitrogen and oxygen atoms in total. The highest BCUT2D eigenvalue weighted by atomic mass is 16.3. The fourth-order valence-electron chi connectivity index (χ4n) is 19.5. The van der Waals surface area contributed by atoms with Gasteiger partial charge in [-0.05, 0) is 169 Å². The van der Waals surface area contributed by atoms with Crippen LogP contribution in [-0.2, 0) is 5.41 Å². The second-order valence-corrected chi connectivity index (χ2v) is 32.4. The van der Waals surface area contributed by atoms with Crippen molar-refractivity contribution in [1.82, 2.24) is 28.2 Å². The Hall–Kier alpha value is -17.3. The first-order valence-electron chi connectivity index (χ1n) is 40.7. The Labute approximate surface area is 709 Å². The summed E-state index contributed by atoms with van der Waals surface area (Å²) in [5, 5.41) is 28.4. The van der Waals surface area contributed by atoms with Crippen LogP contribution in [0.5, 0.6) is 11.5 Å². The molecule has 0 aliphatic carbocycles. The molecule has 0 saturated heterocycles. The highest BCUT2D eigenvalue weighted by molar-refractivity contribution is 6.44. The molecule has 16 aromatic carbocycles. The van der Waals surface area contributed by atoms with E-state index in [2.05, 4.69) is 39.5 Å². The number of imide groups is 4. The number of hydrogen-bond acceptors (Lipinski definition) is 12. The molecule has 4 aliphatic rings. The van der Waals surface area contributed by atoms with Gasteiger partial charge in [0.05, 0.1) is 89.6 Å². The van der Waals surface area contributed by atoms with E-state index in [1.807, 2.05) is 223 Å². The minimum atomic E-state index is -1.17. The molecular weight excluding hydrogens is 1560 g/mol. The second-order valence-electron chi connectivity index (χ2n) is 32.4. The van der Waals surface area contributed by atoms with Gasteiger partial charge in [0.1, 0.15) is 23.1 Å². The first-order chi connectivity index (χ1) is 60.9. The maximum atomic E-state index is 15.8. The summed E-state index contributed by atoms with van der Waals surface area (Å²) in [4.78, 5) is 139. The number of amides is 8. The van der Waals surface area contributed by atoms with E-state index in [-0.39, 0.29) is 88.8 Å². The Kier molecular flexibility index (Phi) is 15.1. The maximum Gasteiger partial charge on any atom is 0.266 e. The van der Waals surface area contributed by atoms with E-state index in [0.29, 0.717) is 56.6 Å². The van der Waals surface area contributed by atoms with Gasteiger partial charge < -0.3 is 19.3 Å². The van der Waals surface area contributed by atoms with E-state index in [1.165, 1.54) is 72.8 Å². The van der Waals surface area contributed by atoms with Crippen LogP contribution >= 0.6 is 0 Å². The molecule has 0 bridgehead atoms. The average Bonchev–Trinajstić information content (AvgIpc) is 1.68.